The van der Waals surface area contributed by atoms with Crippen molar-refractivity contribution in [1.29, 1.82) is 0 Å². The smallest absolute Gasteiger partial charge is 0.262 e. The summed E-state index contributed by atoms with van der Waals surface area (Å²) in [5.41, 5.74) is 3.91. The molecule has 2 aromatic rings. The van der Waals surface area contributed by atoms with Crippen LogP contribution in [0.3, 0.4) is 0 Å². The summed E-state index contributed by atoms with van der Waals surface area (Å²) in [6, 6.07) is 7.77. The second kappa shape index (κ2) is 6.79. The molecule has 0 heterocycles. The van der Waals surface area contributed by atoms with E-state index < -0.39 is 5.82 Å². The van der Waals surface area contributed by atoms with Crippen LogP contribution in [0.15, 0.2) is 30.3 Å². The largest absolute Gasteiger partial charge is 0.482 e. The predicted octanol–water partition coefficient (Wildman–Crippen LogP) is 4.42. The quantitative estimate of drug-likeness (QED) is 0.905. The van der Waals surface area contributed by atoms with Crippen molar-refractivity contribution in [3.63, 3.8) is 0 Å². The summed E-state index contributed by atoms with van der Waals surface area (Å²) in [4.78, 5) is 12.0. The molecule has 116 valence electrons. The van der Waals surface area contributed by atoms with Gasteiger partial charge in [0.1, 0.15) is 11.6 Å². The number of hydrogen-bond donors (Lipinski definition) is 1. The SMILES string of the molecule is Cc1cc(C)c(NC(=O)COc2ccc(F)cc2Cl)c(C)c1. The Kier molecular flexibility index (Phi) is 5.03. The van der Waals surface area contributed by atoms with Gasteiger partial charge < -0.3 is 10.1 Å². The third-order valence-electron chi connectivity index (χ3n) is 3.19. The van der Waals surface area contributed by atoms with E-state index >= 15 is 0 Å². The number of amides is 1. The molecule has 0 aliphatic carbocycles. The minimum absolute atomic E-state index is 0.135. The number of carbonyl (C=O) groups excluding carboxylic acids is 1. The number of hydrogen-bond acceptors (Lipinski definition) is 2. The Bertz CT molecular complexity index is 693. The number of halogens is 2. The number of ether oxygens (including phenoxy) is 1. The Hall–Kier alpha value is -2.07. The summed E-state index contributed by atoms with van der Waals surface area (Å²) in [7, 11) is 0. The lowest BCUT2D eigenvalue weighted by Crippen LogP contribution is -2.21. The van der Waals surface area contributed by atoms with E-state index in [1.165, 1.54) is 12.1 Å². The van der Waals surface area contributed by atoms with Crippen molar-refractivity contribution >= 4 is 23.2 Å². The molecular formula is C17H17ClFNO2. The van der Waals surface area contributed by atoms with Crippen LogP contribution in [0.4, 0.5) is 10.1 Å². The fraction of sp³-hybridized carbons (Fsp3) is 0.235. The molecule has 1 N–H and O–H groups in total. The van der Waals surface area contributed by atoms with Crippen LogP contribution in [0.2, 0.25) is 5.02 Å². The van der Waals surface area contributed by atoms with Crippen LogP contribution in [0.1, 0.15) is 16.7 Å². The predicted molar refractivity (Wildman–Crippen MR) is 86.2 cm³/mol. The van der Waals surface area contributed by atoms with Crippen LogP contribution in [-0.2, 0) is 4.79 Å². The first-order chi connectivity index (χ1) is 10.4. The van der Waals surface area contributed by atoms with Crippen molar-refractivity contribution < 1.29 is 13.9 Å². The van der Waals surface area contributed by atoms with Gasteiger partial charge in [-0.15, -0.1) is 0 Å². The fourth-order valence-electron chi connectivity index (χ4n) is 2.29. The van der Waals surface area contributed by atoms with E-state index in [0.29, 0.717) is 0 Å². The number of anilines is 1. The molecule has 5 heteroatoms. The van der Waals surface area contributed by atoms with E-state index in [-0.39, 0.29) is 23.3 Å². The molecule has 0 spiro atoms. The highest BCUT2D eigenvalue weighted by Crippen LogP contribution is 2.25. The van der Waals surface area contributed by atoms with Gasteiger partial charge in [0, 0.05) is 5.69 Å². The molecule has 0 fully saturated rings. The van der Waals surface area contributed by atoms with Gasteiger partial charge in [-0.05, 0) is 50.1 Å². The zero-order chi connectivity index (χ0) is 16.3. The molecule has 0 aliphatic heterocycles. The monoisotopic (exact) mass is 321 g/mol. The van der Waals surface area contributed by atoms with Gasteiger partial charge in [0.25, 0.3) is 5.91 Å². The second-order valence-electron chi connectivity index (χ2n) is 5.19. The van der Waals surface area contributed by atoms with Crippen LogP contribution in [-0.4, -0.2) is 12.5 Å². The Morgan fingerprint density at radius 2 is 1.82 bits per heavy atom. The highest BCUT2D eigenvalue weighted by molar-refractivity contribution is 6.32. The third-order valence-corrected chi connectivity index (χ3v) is 3.49. The highest BCUT2D eigenvalue weighted by atomic mass is 35.5. The lowest BCUT2D eigenvalue weighted by atomic mass is 10.1. The average molecular weight is 322 g/mol. The summed E-state index contributed by atoms with van der Waals surface area (Å²) in [5.74, 6) is -0.473. The van der Waals surface area contributed by atoms with Gasteiger partial charge in [0.2, 0.25) is 0 Å². The molecule has 2 aromatic carbocycles. The fourth-order valence-corrected chi connectivity index (χ4v) is 2.51. The van der Waals surface area contributed by atoms with E-state index in [4.69, 9.17) is 16.3 Å². The molecule has 0 saturated carbocycles. The van der Waals surface area contributed by atoms with Crippen molar-refractivity contribution in [3.05, 3.63) is 57.9 Å². The molecule has 1 amide bonds. The molecule has 0 bridgehead atoms. The van der Waals surface area contributed by atoms with Gasteiger partial charge in [-0.25, -0.2) is 4.39 Å². The highest BCUT2D eigenvalue weighted by Gasteiger charge is 2.10. The number of rotatable bonds is 4. The first kappa shape index (κ1) is 16.3. The molecule has 0 atom stereocenters. The standard InChI is InChI=1S/C17H17ClFNO2/c1-10-6-11(2)17(12(3)7-10)20-16(21)9-22-15-5-4-13(19)8-14(15)18/h4-8H,9H2,1-3H3,(H,20,21). The summed E-state index contributed by atoms with van der Waals surface area (Å²) < 4.78 is 18.3. The van der Waals surface area contributed by atoms with Crippen molar-refractivity contribution in [2.45, 2.75) is 20.8 Å². The van der Waals surface area contributed by atoms with Gasteiger partial charge >= 0.3 is 0 Å². The summed E-state index contributed by atoms with van der Waals surface area (Å²) in [5, 5.41) is 2.96. The number of carbonyl (C=O) groups is 1. The molecule has 0 aromatic heterocycles. The lowest BCUT2D eigenvalue weighted by Gasteiger charge is -2.13. The zero-order valence-corrected chi connectivity index (χ0v) is 13.4. The molecule has 0 saturated heterocycles. The first-order valence-electron chi connectivity index (χ1n) is 6.82. The summed E-state index contributed by atoms with van der Waals surface area (Å²) >= 11 is 5.84. The van der Waals surface area contributed by atoms with Crippen molar-refractivity contribution in [2.24, 2.45) is 0 Å². The topological polar surface area (TPSA) is 38.3 Å². The first-order valence-corrected chi connectivity index (χ1v) is 7.20. The van der Waals surface area contributed by atoms with Gasteiger partial charge in [-0.1, -0.05) is 29.3 Å². The Morgan fingerprint density at radius 1 is 1.18 bits per heavy atom. The Balaban J connectivity index is 2.02. The van der Waals surface area contributed by atoms with Gasteiger partial charge in [0.15, 0.2) is 6.61 Å². The van der Waals surface area contributed by atoms with Gasteiger partial charge in [0.05, 0.1) is 5.02 Å². The summed E-state index contributed by atoms with van der Waals surface area (Å²) in [6.07, 6.45) is 0. The molecule has 0 unspecified atom stereocenters. The van der Waals surface area contributed by atoms with Gasteiger partial charge in [-0.2, -0.15) is 0 Å². The van der Waals surface area contributed by atoms with Crippen molar-refractivity contribution in [2.75, 3.05) is 11.9 Å². The van der Waals surface area contributed by atoms with Crippen molar-refractivity contribution in [3.8, 4) is 5.75 Å². The van der Waals surface area contributed by atoms with E-state index in [0.717, 1.165) is 28.4 Å². The molecule has 2 rings (SSSR count). The lowest BCUT2D eigenvalue weighted by molar-refractivity contribution is -0.118. The van der Waals surface area contributed by atoms with Crippen LogP contribution in [0.25, 0.3) is 0 Å². The van der Waals surface area contributed by atoms with E-state index in [9.17, 15) is 9.18 Å². The maximum absolute atomic E-state index is 12.9. The van der Waals surface area contributed by atoms with E-state index in [2.05, 4.69) is 5.32 Å². The third kappa shape index (κ3) is 3.98. The van der Waals surface area contributed by atoms with Crippen LogP contribution in [0, 0.1) is 26.6 Å². The maximum Gasteiger partial charge on any atom is 0.262 e. The minimum atomic E-state index is -0.451. The van der Waals surface area contributed by atoms with Gasteiger partial charge in [-0.3, -0.25) is 4.79 Å². The molecular weight excluding hydrogens is 305 g/mol. The van der Waals surface area contributed by atoms with Crippen LogP contribution >= 0.6 is 11.6 Å². The van der Waals surface area contributed by atoms with E-state index in [1.54, 1.807) is 0 Å². The second-order valence-corrected chi connectivity index (χ2v) is 5.59. The average Bonchev–Trinajstić information content (AvgIpc) is 2.42. The zero-order valence-electron chi connectivity index (χ0n) is 12.7. The number of benzene rings is 2. The molecule has 0 radical (unpaired) electrons. The van der Waals surface area contributed by atoms with Crippen LogP contribution < -0.4 is 10.1 Å². The normalized spacial score (nSPS) is 10.4. The minimum Gasteiger partial charge on any atom is -0.482 e. The van der Waals surface area contributed by atoms with E-state index in [1.807, 2.05) is 32.9 Å². The molecule has 22 heavy (non-hydrogen) atoms. The Labute approximate surface area is 134 Å². The van der Waals surface area contributed by atoms with Crippen LogP contribution in [0.5, 0.6) is 5.75 Å². The Morgan fingerprint density at radius 3 is 2.41 bits per heavy atom. The number of nitrogens with one attached hydrogen (secondary N) is 1. The summed E-state index contributed by atoms with van der Waals surface area (Å²) in [6.45, 7) is 5.68. The number of aryl methyl sites for hydroxylation is 3. The maximum atomic E-state index is 12.9. The molecule has 3 nitrogen and oxygen atoms in total. The van der Waals surface area contributed by atoms with Crippen molar-refractivity contribution in [1.82, 2.24) is 0 Å². The molecule has 0 aliphatic rings.